The lowest BCUT2D eigenvalue weighted by Gasteiger charge is -2.13. The minimum absolute atomic E-state index is 0.00341. The lowest BCUT2D eigenvalue weighted by molar-refractivity contribution is 0.167. The second-order valence-corrected chi connectivity index (χ2v) is 7.47. The van der Waals surface area contributed by atoms with Gasteiger partial charge in [-0.15, -0.1) is 0 Å². The van der Waals surface area contributed by atoms with Crippen LogP contribution in [0.3, 0.4) is 0 Å². The van der Waals surface area contributed by atoms with Gasteiger partial charge in [-0.05, 0) is 30.7 Å². The van der Waals surface area contributed by atoms with E-state index in [1.165, 1.54) is 12.3 Å². The maximum Gasteiger partial charge on any atom is 0.263 e. The number of nitrogens with zero attached hydrogens (tertiary/aromatic N) is 1. The van der Waals surface area contributed by atoms with Crippen molar-refractivity contribution in [3.05, 3.63) is 30.5 Å². The SMILES string of the molecule is O=S(=O)(Cl)c1ccc(OCC2CCOC2)c2cccnc12. The summed E-state index contributed by atoms with van der Waals surface area (Å²) < 4.78 is 34.3. The van der Waals surface area contributed by atoms with Gasteiger partial charge in [-0.25, -0.2) is 8.42 Å². The molecule has 2 aromatic rings. The Hall–Kier alpha value is -1.37. The minimum atomic E-state index is -3.84. The maximum atomic E-state index is 11.6. The van der Waals surface area contributed by atoms with E-state index in [1.807, 2.05) is 0 Å². The number of ether oxygens (including phenoxy) is 2. The standard InChI is InChI=1S/C14H14ClNO4S/c15-21(17,18)13-4-3-12(11-2-1-6-16-14(11)13)20-9-10-5-7-19-8-10/h1-4,6,10H,5,7-9H2. The zero-order valence-corrected chi connectivity index (χ0v) is 12.7. The van der Waals surface area contributed by atoms with E-state index < -0.39 is 9.05 Å². The fourth-order valence-corrected chi connectivity index (χ4v) is 3.36. The third-order valence-electron chi connectivity index (χ3n) is 3.45. The highest BCUT2D eigenvalue weighted by Gasteiger charge is 2.20. The first-order valence-corrected chi connectivity index (χ1v) is 8.89. The van der Waals surface area contributed by atoms with Gasteiger partial charge in [0, 0.05) is 34.8 Å². The summed E-state index contributed by atoms with van der Waals surface area (Å²) in [6, 6.07) is 6.56. The number of rotatable bonds is 4. The molecule has 3 rings (SSSR count). The molecule has 0 N–H and O–H groups in total. The summed E-state index contributed by atoms with van der Waals surface area (Å²) >= 11 is 0. The molecule has 1 unspecified atom stereocenters. The lowest BCUT2D eigenvalue weighted by Crippen LogP contribution is -2.12. The Labute approximate surface area is 127 Å². The van der Waals surface area contributed by atoms with E-state index >= 15 is 0 Å². The Balaban J connectivity index is 1.96. The fourth-order valence-electron chi connectivity index (χ4n) is 2.37. The van der Waals surface area contributed by atoms with E-state index in [1.54, 1.807) is 18.2 Å². The Morgan fingerprint density at radius 2 is 2.24 bits per heavy atom. The molecule has 1 saturated heterocycles. The molecule has 21 heavy (non-hydrogen) atoms. The molecule has 1 aromatic heterocycles. The first-order valence-electron chi connectivity index (χ1n) is 6.58. The second-order valence-electron chi connectivity index (χ2n) is 4.94. The second kappa shape index (κ2) is 5.79. The van der Waals surface area contributed by atoms with Gasteiger partial charge in [-0.1, -0.05) is 0 Å². The summed E-state index contributed by atoms with van der Waals surface area (Å²) in [6.07, 6.45) is 2.51. The van der Waals surface area contributed by atoms with Crippen molar-refractivity contribution in [1.82, 2.24) is 4.98 Å². The molecule has 1 aliphatic heterocycles. The minimum Gasteiger partial charge on any atom is -0.493 e. The molecule has 2 heterocycles. The highest BCUT2D eigenvalue weighted by atomic mass is 35.7. The van der Waals surface area contributed by atoms with Crippen LogP contribution in [-0.2, 0) is 13.8 Å². The summed E-state index contributed by atoms with van der Waals surface area (Å²) in [7, 11) is 1.60. The third kappa shape index (κ3) is 3.12. The van der Waals surface area contributed by atoms with Crippen LogP contribution in [0.4, 0.5) is 0 Å². The molecule has 0 bridgehead atoms. The number of hydrogen-bond donors (Lipinski definition) is 0. The van der Waals surface area contributed by atoms with Gasteiger partial charge < -0.3 is 9.47 Å². The van der Waals surface area contributed by atoms with Crippen LogP contribution in [0, 0.1) is 5.92 Å². The largest absolute Gasteiger partial charge is 0.493 e. The normalized spacial score (nSPS) is 19.0. The van der Waals surface area contributed by atoms with Crippen molar-refractivity contribution in [2.24, 2.45) is 5.92 Å². The third-order valence-corrected chi connectivity index (χ3v) is 4.81. The molecule has 0 spiro atoms. The fraction of sp³-hybridized carbons (Fsp3) is 0.357. The van der Waals surface area contributed by atoms with Crippen LogP contribution in [0.1, 0.15) is 6.42 Å². The van der Waals surface area contributed by atoms with E-state index in [0.29, 0.717) is 35.8 Å². The molecule has 1 fully saturated rings. The van der Waals surface area contributed by atoms with Gasteiger partial charge >= 0.3 is 0 Å². The number of halogens is 1. The molecule has 0 radical (unpaired) electrons. The Bertz CT molecular complexity index is 757. The quantitative estimate of drug-likeness (QED) is 0.807. The van der Waals surface area contributed by atoms with Crippen molar-refractivity contribution < 1.29 is 17.9 Å². The Kier molecular flexibility index (Phi) is 4.01. The summed E-state index contributed by atoms with van der Waals surface area (Å²) in [6.45, 7) is 2.00. The van der Waals surface area contributed by atoms with Gasteiger partial charge in [-0.2, -0.15) is 0 Å². The van der Waals surface area contributed by atoms with Gasteiger partial charge in [0.15, 0.2) is 0 Å². The van der Waals surface area contributed by atoms with Crippen LogP contribution in [0.2, 0.25) is 0 Å². The van der Waals surface area contributed by atoms with Crippen molar-refractivity contribution in [3.8, 4) is 5.75 Å². The molecule has 1 aliphatic rings. The molecule has 112 valence electrons. The van der Waals surface area contributed by atoms with Crippen LogP contribution < -0.4 is 4.74 Å². The first kappa shape index (κ1) is 14.6. The lowest BCUT2D eigenvalue weighted by atomic mass is 10.1. The average Bonchev–Trinajstić information content (AvgIpc) is 2.96. The first-order chi connectivity index (χ1) is 10.1. The molecule has 1 aromatic carbocycles. The zero-order valence-electron chi connectivity index (χ0n) is 11.2. The molecular weight excluding hydrogens is 314 g/mol. The highest BCUT2D eigenvalue weighted by Crippen LogP contribution is 2.31. The van der Waals surface area contributed by atoms with Crippen LogP contribution >= 0.6 is 10.7 Å². The molecule has 1 atom stereocenters. The summed E-state index contributed by atoms with van der Waals surface area (Å²) in [4.78, 5) is 4.12. The molecule has 7 heteroatoms. The molecular formula is C14H14ClNO4S. The van der Waals surface area contributed by atoms with E-state index in [-0.39, 0.29) is 4.90 Å². The van der Waals surface area contributed by atoms with Crippen LogP contribution in [0.25, 0.3) is 10.9 Å². The summed E-state index contributed by atoms with van der Waals surface area (Å²) in [5.41, 5.74) is 0.327. The van der Waals surface area contributed by atoms with Crippen molar-refractivity contribution in [2.75, 3.05) is 19.8 Å². The van der Waals surface area contributed by atoms with Crippen LogP contribution in [0.15, 0.2) is 35.4 Å². The number of pyridine rings is 1. The van der Waals surface area contributed by atoms with Gasteiger partial charge in [0.05, 0.1) is 18.7 Å². The molecule has 0 amide bonds. The van der Waals surface area contributed by atoms with E-state index in [9.17, 15) is 8.42 Å². The van der Waals surface area contributed by atoms with Gasteiger partial charge in [0.2, 0.25) is 0 Å². The highest BCUT2D eigenvalue weighted by molar-refractivity contribution is 8.14. The van der Waals surface area contributed by atoms with Crippen LogP contribution in [-0.4, -0.2) is 33.2 Å². The number of aromatic nitrogens is 1. The molecule has 0 aliphatic carbocycles. The van der Waals surface area contributed by atoms with Crippen molar-refractivity contribution in [1.29, 1.82) is 0 Å². The summed E-state index contributed by atoms with van der Waals surface area (Å²) in [5, 5.41) is 0.637. The van der Waals surface area contributed by atoms with E-state index in [0.717, 1.165) is 13.0 Å². The predicted octanol–water partition coefficient (Wildman–Crippen LogP) is 2.58. The van der Waals surface area contributed by atoms with E-state index in [4.69, 9.17) is 20.2 Å². The van der Waals surface area contributed by atoms with Gasteiger partial charge in [-0.3, -0.25) is 4.98 Å². The molecule has 0 saturated carbocycles. The number of benzene rings is 1. The van der Waals surface area contributed by atoms with Gasteiger partial charge in [0.1, 0.15) is 10.6 Å². The number of hydrogen-bond acceptors (Lipinski definition) is 5. The molecule has 5 nitrogen and oxygen atoms in total. The van der Waals surface area contributed by atoms with Crippen molar-refractivity contribution in [2.45, 2.75) is 11.3 Å². The Morgan fingerprint density at radius 3 is 2.95 bits per heavy atom. The topological polar surface area (TPSA) is 65.5 Å². The summed E-state index contributed by atoms with van der Waals surface area (Å²) in [5.74, 6) is 0.974. The van der Waals surface area contributed by atoms with Gasteiger partial charge in [0.25, 0.3) is 9.05 Å². The zero-order chi connectivity index (χ0) is 14.9. The van der Waals surface area contributed by atoms with Crippen LogP contribution in [0.5, 0.6) is 5.75 Å². The van der Waals surface area contributed by atoms with Crippen molar-refractivity contribution >= 4 is 30.6 Å². The van der Waals surface area contributed by atoms with Crippen molar-refractivity contribution in [3.63, 3.8) is 0 Å². The Morgan fingerprint density at radius 1 is 1.38 bits per heavy atom. The monoisotopic (exact) mass is 327 g/mol. The van der Waals surface area contributed by atoms with E-state index in [2.05, 4.69) is 4.98 Å². The number of fused-ring (bicyclic) bond motifs is 1. The predicted molar refractivity (Wildman–Crippen MR) is 79.2 cm³/mol. The smallest absolute Gasteiger partial charge is 0.263 e. The average molecular weight is 328 g/mol. The maximum absolute atomic E-state index is 11.6.